The van der Waals surface area contributed by atoms with Crippen molar-refractivity contribution in [3.63, 3.8) is 0 Å². The van der Waals surface area contributed by atoms with Crippen LogP contribution in [0.25, 0.3) is 22.7 Å². The summed E-state index contributed by atoms with van der Waals surface area (Å²) in [4.78, 5) is 4.51. The van der Waals surface area contributed by atoms with Crippen molar-refractivity contribution in [3.05, 3.63) is 71.2 Å². The topological polar surface area (TPSA) is 56.7 Å². The van der Waals surface area contributed by atoms with Gasteiger partial charge in [0, 0.05) is 17.1 Å². The van der Waals surface area contributed by atoms with Gasteiger partial charge in [-0.3, -0.25) is 0 Å². The number of rotatable bonds is 5. The smallest absolute Gasteiger partial charge is 0.247 e. The Morgan fingerprint density at radius 2 is 1.85 bits per heavy atom. The molecule has 0 spiro atoms. The predicted molar refractivity (Wildman–Crippen MR) is 106 cm³/mol. The standard InChI is InChI=1S/C19H15BrN4OS/c1-24-16(13-6-3-2-4-7-13)11-21-19(24)26-12-17-22-23-18(25-17)14-8-5-9-15(20)10-14/h2-11H,12H2,1H3. The Kier molecular flexibility index (Phi) is 4.90. The van der Waals surface area contributed by atoms with Gasteiger partial charge in [0.05, 0.1) is 17.6 Å². The van der Waals surface area contributed by atoms with E-state index in [1.165, 1.54) is 0 Å². The van der Waals surface area contributed by atoms with Crippen molar-refractivity contribution in [1.29, 1.82) is 0 Å². The van der Waals surface area contributed by atoms with Gasteiger partial charge in [0.25, 0.3) is 0 Å². The fourth-order valence-corrected chi connectivity index (χ4v) is 3.77. The zero-order valence-corrected chi connectivity index (χ0v) is 16.4. The monoisotopic (exact) mass is 426 g/mol. The van der Waals surface area contributed by atoms with Gasteiger partial charge in [0.2, 0.25) is 11.8 Å². The van der Waals surface area contributed by atoms with Crippen LogP contribution in [0.4, 0.5) is 0 Å². The van der Waals surface area contributed by atoms with Gasteiger partial charge in [-0.1, -0.05) is 64.1 Å². The highest BCUT2D eigenvalue weighted by Crippen LogP contribution is 2.28. The number of nitrogens with zero attached hydrogens (tertiary/aromatic N) is 4. The van der Waals surface area contributed by atoms with E-state index in [1.54, 1.807) is 11.8 Å². The first-order chi connectivity index (χ1) is 12.7. The van der Waals surface area contributed by atoms with Crippen molar-refractivity contribution >= 4 is 27.7 Å². The fourth-order valence-electron chi connectivity index (χ4n) is 2.58. The van der Waals surface area contributed by atoms with E-state index >= 15 is 0 Å². The van der Waals surface area contributed by atoms with Crippen molar-refractivity contribution < 1.29 is 4.42 Å². The molecule has 4 rings (SSSR count). The lowest BCUT2D eigenvalue weighted by Crippen LogP contribution is -1.94. The van der Waals surface area contributed by atoms with Crippen LogP contribution in [0.5, 0.6) is 0 Å². The minimum absolute atomic E-state index is 0.520. The molecule has 2 aromatic carbocycles. The molecule has 0 fully saturated rings. The van der Waals surface area contributed by atoms with Crippen LogP contribution in [0.2, 0.25) is 0 Å². The molecule has 0 atom stereocenters. The minimum atomic E-state index is 0.520. The average molecular weight is 427 g/mol. The normalized spacial score (nSPS) is 11.0. The number of aromatic nitrogens is 4. The molecule has 5 nitrogen and oxygen atoms in total. The van der Waals surface area contributed by atoms with Crippen molar-refractivity contribution in [2.24, 2.45) is 7.05 Å². The summed E-state index contributed by atoms with van der Waals surface area (Å²) >= 11 is 5.03. The summed E-state index contributed by atoms with van der Waals surface area (Å²) in [5.74, 6) is 1.67. The van der Waals surface area contributed by atoms with E-state index in [4.69, 9.17) is 4.42 Å². The fraction of sp³-hybridized carbons (Fsp3) is 0.105. The van der Waals surface area contributed by atoms with Crippen LogP contribution in [0.1, 0.15) is 5.89 Å². The molecular formula is C19H15BrN4OS. The molecule has 7 heteroatoms. The average Bonchev–Trinajstić information content (AvgIpc) is 3.28. The number of hydrogen-bond acceptors (Lipinski definition) is 5. The molecule has 0 N–H and O–H groups in total. The first kappa shape index (κ1) is 17.1. The SMILES string of the molecule is Cn1c(-c2ccccc2)cnc1SCc1nnc(-c2cccc(Br)c2)o1. The highest BCUT2D eigenvalue weighted by molar-refractivity contribution is 9.10. The lowest BCUT2D eigenvalue weighted by molar-refractivity contribution is 0.528. The van der Waals surface area contributed by atoms with Crippen molar-refractivity contribution in [1.82, 2.24) is 19.7 Å². The molecule has 0 amide bonds. The Bertz CT molecular complexity index is 1030. The van der Waals surface area contributed by atoms with Crippen LogP contribution in [0.3, 0.4) is 0 Å². The summed E-state index contributed by atoms with van der Waals surface area (Å²) in [6, 6.07) is 18.0. The third-order valence-electron chi connectivity index (χ3n) is 3.88. The Labute approximate surface area is 163 Å². The first-order valence-electron chi connectivity index (χ1n) is 7.99. The maximum absolute atomic E-state index is 5.78. The highest BCUT2D eigenvalue weighted by atomic mass is 79.9. The molecule has 2 aromatic heterocycles. The number of halogens is 1. The lowest BCUT2D eigenvalue weighted by atomic mass is 10.2. The van der Waals surface area contributed by atoms with Gasteiger partial charge in [0.1, 0.15) is 0 Å². The van der Waals surface area contributed by atoms with E-state index in [2.05, 4.69) is 47.8 Å². The van der Waals surface area contributed by atoms with Crippen LogP contribution in [-0.2, 0) is 12.8 Å². The van der Waals surface area contributed by atoms with Gasteiger partial charge < -0.3 is 8.98 Å². The number of hydrogen-bond donors (Lipinski definition) is 0. The van der Waals surface area contributed by atoms with Gasteiger partial charge in [-0.05, 0) is 23.8 Å². The largest absolute Gasteiger partial charge is 0.420 e. The zero-order chi connectivity index (χ0) is 17.9. The second-order valence-electron chi connectivity index (χ2n) is 5.65. The number of benzene rings is 2. The van der Waals surface area contributed by atoms with Gasteiger partial charge in [-0.25, -0.2) is 4.98 Å². The molecule has 26 heavy (non-hydrogen) atoms. The van der Waals surface area contributed by atoms with Crippen molar-refractivity contribution in [3.8, 4) is 22.7 Å². The molecule has 0 unspecified atom stereocenters. The van der Waals surface area contributed by atoms with Crippen LogP contribution in [0.15, 0.2) is 74.8 Å². The van der Waals surface area contributed by atoms with E-state index in [-0.39, 0.29) is 0 Å². The molecule has 0 saturated carbocycles. The van der Waals surface area contributed by atoms with E-state index < -0.39 is 0 Å². The third-order valence-corrected chi connectivity index (χ3v) is 5.40. The molecule has 0 bridgehead atoms. The van der Waals surface area contributed by atoms with E-state index in [1.807, 2.05) is 55.7 Å². The maximum atomic E-state index is 5.78. The highest BCUT2D eigenvalue weighted by Gasteiger charge is 2.13. The Morgan fingerprint density at radius 3 is 2.65 bits per heavy atom. The molecule has 0 saturated heterocycles. The predicted octanol–water partition coefficient (Wildman–Crippen LogP) is 5.19. The first-order valence-corrected chi connectivity index (χ1v) is 9.77. The zero-order valence-electron chi connectivity index (χ0n) is 14.0. The molecule has 0 aliphatic heterocycles. The quantitative estimate of drug-likeness (QED) is 0.410. The third kappa shape index (κ3) is 3.59. The summed E-state index contributed by atoms with van der Waals surface area (Å²) in [5, 5.41) is 9.19. The maximum Gasteiger partial charge on any atom is 0.247 e. The van der Waals surface area contributed by atoms with Crippen molar-refractivity contribution in [2.75, 3.05) is 0 Å². The molecule has 0 aliphatic rings. The van der Waals surface area contributed by atoms with E-state index in [0.29, 0.717) is 17.5 Å². The van der Waals surface area contributed by atoms with Crippen LogP contribution < -0.4 is 0 Å². The van der Waals surface area contributed by atoms with Crippen LogP contribution in [-0.4, -0.2) is 19.7 Å². The number of thioether (sulfide) groups is 1. The molecule has 2 heterocycles. The second-order valence-corrected chi connectivity index (χ2v) is 7.51. The summed E-state index contributed by atoms with van der Waals surface area (Å²) in [6.07, 6.45) is 1.89. The van der Waals surface area contributed by atoms with Crippen LogP contribution in [0, 0.1) is 0 Å². The summed E-state index contributed by atoms with van der Waals surface area (Å²) < 4.78 is 8.83. The van der Waals surface area contributed by atoms with Gasteiger partial charge in [0.15, 0.2) is 5.16 Å². The molecule has 0 radical (unpaired) electrons. The van der Waals surface area contributed by atoms with E-state index in [0.717, 1.165) is 26.4 Å². The molecule has 4 aromatic rings. The van der Waals surface area contributed by atoms with Gasteiger partial charge in [-0.15, -0.1) is 10.2 Å². The molecule has 0 aliphatic carbocycles. The minimum Gasteiger partial charge on any atom is -0.420 e. The van der Waals surface area contributed by atoms with Gasteiger partial charge in [-0.2, -0.15) is 0 Å². The number of imidazole rings is 1. The lowest BCUT2D eigenvalue weighted by Gasteiger charge is -2.04. The Morgan fingerprint density at radius 1 is 1.04 bits per heavy atom. The second kappa shape index (κ2) is 7.47. The molecular weight excluding hydrogens is 412 g/mol. The summed E-state index contributed by atoms with van der Waals surface area (Å²) in [5.41, 5.74) is 3.11. The Balaban J connectivity index is 1.48. The Hall–Kier alpha value is -2.38. The van der Waals surface area contributed by atoms with Crippen molar-refractivity contribution in [2.45, 2.75) is 10.9 Å². The summed E-state index contributed by atoms with van der Waals surface area (Å²) in [6.45, 7) is 0. The van der Waals surface area contributed by atoms with Crippen LogP contribution >= 0.6 is 27.7 Å². The summed E-state index contributed by atoms with van der Waals surface area (Å²) in [7, 11) is 2.01. The van der Waals surface area contributed by atoms with E-state index in [9.17, 15) is 0 Å². The molecule has 130 valence electrons. The van der Waals surface area contributed by atoms with Gasteiger partial charge >= 0.3 is 0 Å².